The number of carboxylic acids is 1. The maximum absolute atomic E-state index is 10.8. The molecule has 1 fully saturated rings. The second kappa shape index (κ2) is 2.62. The zero-order valence-electron chi connectivity index (χ0n) is 6.04. The number of aliphatic carboxylic acids is 1. The van der Waals surface area contributed by atoms with Crippen LogP contribution in [0.25, 0.3) is 0 Å². The summed E-state index contributed by atoms with van der Waals surface area (Å²) in [6.07, 6.45) is 0.827. The third-order valence-electron chi connectivity index (χ3n) is 1.93. The van der Waals surface area contributed by atoms with E-state index in [1.807, 2.05) is 0 Å². The maximum atomic E-state index is 10.8. The van der Waals surface area contributed by atoms with Gasteiger partial charge in [-0.3, -0.25) is 4.79 Å². The van der Waals surface area contributed by atoms with E-state index in [2.05, 4.69) is 0 Å². The fourth-order valence-corrected chi connectivity index (χ4v) is 1.26. The lowest BCUT2D eigenvalue weighted by Gasteiger charge is -2.26. The van der Waals surface area contributed by atoms with Crippen molar-refractivity contribution < 1.29 is 19.8 Å². The Morgan fingerprint density at radius 1 is 1.55 bits per heavy atom. The Hall–Kier alpha value is -0.900. The van der Waals surface area contributed by atoms with Gasteiger partial charge in [-0.1, -0.05) is 0 Å². The highest BCUT2D eigenvalue weighted by Gasteiger charge is 2.40. The molecule has 0 amide bonds. The molecule has 1 rings (SSSR count). The summed E-state index contributed by atoms with van der Waals surface area (Å²) in [4.78, 5) is 21.2. The van der Waals surface area contributed by atoms with Crippen molar-refractivity contribution >= 4 is 11.8 Å². The van der Waals surface area contributed by atoms with E-state index in [1.165, 1.54) is 0 Å². The van der Waals surface area contributed by atoms with Crippen LogP contribution < -0.4 is 0 Å². The molecule has 1 aliphatic carbocycles. The van der Waals surface area contributed by atoms with Crippen molar-refractivity contribution in [1.29, 1.82) is 0 Å². The van der Waals surface area contributed by atoms with Gasteiger partial charge in [-0.05, 0) is 12.8 Å². The van der Waals surface area contributed by atoms with Crippen LogP contribution in [-0.2, 0) is 9.59 Å². The average Bonchev–Trinajstić information content (AvgIpc) is 1.86. The SMILES string of the molecule is O=C1CCCC(O)(C(=O)O)C1. The molecule has 62 valence electrons. The minimum absolute atomic E-state index is 0.166. The van der Waals surface area contributed by atoms with Crippen LogP contribution in [0.5, 0.6) is 0 Å². The predicted octanol–water partition coefficient (Wildman–Crippen LogP) is -0.0548. The lowest BCUT2D eigenvalue weighted by molar-refractivity contribution is -0.164. The quantitative estimate of drug-likeness (QED) is 0.560. The summed E-state index contributed by atoms with van der Waals surface area (Å²) in [5.41, 5.74) is -1.78. The molecule has 0 saturated heterocycles. The average molecular weight is 158 g/mol. The number of Topliss-reactive ketones (excluding diaryl/α,β-unsaturated/α-hetero) is 1. The van der Waals surface area contributed by atoms with Crippen LogP contribution in [0.15, 0.2) is 0 Å². The van der Waals surface area contributed by atoms with Gasteiger partial charge in [0.05, 0.1) is 0 Å². The van der Waals surface area contributed by atoms with Crippen LogP contribution in [0.2, 0.25) is 0 Å². The molecule has 1 unspecified atom stereocenters. The Morgan fingerprint density at radius 2 is 2.18 bits per heavy atom. The summed E-state index contributed by atoms with van der Waals surface area (Å²) >= 11 is 0. The molecule has 2 N–H and O–H groups in total. The van der Waals surface area contributed by atoms with E-state index in [-0.39, 0.29) is 18.6 Å². The normalized spacial score (nSPS) is 31.9. The summed E-state index contributed by atoms with van der Waals surface area (Å²) < 4.78 is 0. The number of rotatable bonds is 1. The summed E-state index contributed by atoms with van der Waals surface area (Å²) in [6.45, 7) is 0. The number of hydrogen-bond acceptors (Lipinski definition) is 3. The van der Waals surface area contributed by atoms with Crippen LogP contribution in [0.4, 0.5) is 0 Å². The van der Waals surface area contributed by atoms with E-state index >= 15 is 0 Å². The molecule has 1 atom stereocenters. The zero-order chi connectivity index (χ0) is 8.48. The highest BCUT2D eigenvalue weighted by molar-refractivity contribution is 5.89. The molecule has 0 spiro atoms. The highest BCUT2D eigenvalue weighted by Crippen LogP contribution is 2.25. The van der Waals surface area contributed by atoms with Gasteiger partial charge in [0.1, 0.15) is 5.78 Å². The van der Waals surface area contributed by atoms with Gasteiger partial charge in [0.2, 0.25) is 0 Å². The lowest BCUT2D eigenvalue weighted by Crippen LogP contribution is -2.43. The number of carboxylic acid groups (broad SMARTS) is 1. The fraction of sp³-hybridized carbons (Fsp3) is 0.714. The van der Waals surface area contributed by atoms with Crippen LogP contribution in [0.3, 0.4) is 0 Å². The van der Waals surface area contributed by atoms with E-state index in [0.29, 0.717) is 12.8 Å². The third-order valence-corrected chi connectivity index (χ3v) is 1.93. The van der Waals surface area contributed by atoms with Crippen molar-refractivity contribution in [2.24, 2.45) is 0 Å². The number of hydrogen-bond donors (Lipinski definition) is 2. The van der Waals surface area contributed by atoms with Crippen LogP contribution in [-0.4, -0.2) is 27.6 Å². The number of carbonyl (C=O) groups is 2. The summed E-state index contributed by atoms with van der Waals surface area (Å²) in [7, 11) is 0. The monoisotopic (exact) mass is 158 g/mol. The first-order valence-corrected chi connectivity index (χ1v) is 3.52. The Balaban J connectivity index is 2.70. The molecular formula is C7H10O4. The van der Waals surface area contributed by atoms with Crippen molar-refractivity contribution in [2.45, 2.75) is 31.3 Å². The first kappa shape index (κ1) is 8.20. The molecule has 0 aromatic rings. The van der Waals surface area contributed by atoms with Gasteiger partial charge in [0, 0.05) is 12.8 Å². The van der Waals surface area contributed by atoms with Crippen LogP contribution in [0.1, 0.15) is 25.7 Å². The molecular weight excluding hydrogens is 148 g/mol. The Kier molecular flexibility index (Phi) is 1.95. The Bertz CT molecular complexity index is 199. The largest absolute Gasteiger partial charge is 0.479 e. The van der Waals surface area contributed by atoms with E-state index in [9.17, 15) is 14.7 Å². The molecule has 0 aliphatic heterocycles. The molecule has 0 aromatic heterocycles. The van der Waals surface area contributed by atoms with Gasteiger partial charge in [-0.25, -0.2) is 4.79 Å². The van der Waals surface area contributed by atoms with E-state index < -0.39 is 11.6 Å². The van der Waals surface area contributed by atoms with Crippen molar-refractivity contribution in [3.05, 3.63) is 0 Å². The highest BCUT2D eigenvalue weighted by atomic mass is 16.4. The minimum atomic E-state index is -1.78. The van der Waals surface area contributed by atoms with Crippen molar-refractivity contribution in [1.82, 2.24) is 0 Å². The summed E-state index contributed by atoms with van der Waals surface area (Å²) in [5.74, 6) is -1.45. The fourth-order valence-electron chi connectivity index (χ4n) is 1.26. The molecule has 1 aliphatic rings. The van der Waals surface area contributed by atoms with Gasteiger partial charge >= 0.3 is 5.97 Å². The Labute approximate surface area is 63.8 Å². The van der Waals surface area contributed by atoms with Crippen molar-refractivity contribution in [3.8, 4) is 0 Å². The topological polar surface area (TPSA) is 74.6 Å². The van der Waals surface area contributed by atoms with E-state index in [1.54, 1.807) is 0 Å². The molecule has 4 heteroatoms. The molecule has 0 aromatic carbocycles. The van der Waals surface area contributed by atoms with Crippen molar-refractivity contribution in [3.63, 3.8) is 0 Å². The molecule has 0 bridgehead atoms. The molecule has 4 nitrogen and oxygen atoms in total. The smallest absolute Gasteiger partial charge is 0.336 e. The van der Waals surface area contributed by atoms with Crippen molar-refractivity contribution in [2.75, 3.05) is 0 Å². The van der Waals surface area contributed by atoms with Gasteiger partial charge in [0.25, 0.3) is 0 Å². The minimum Gasteiger partial charge on any atom is -0.479 e. The standard InChI is InChI=1S/C7H10O4/c8-5-2-1-3-7(11,4-5)6(9)10/h11H,1-4H2,(H,9,10). The molecule has 0 heterocycles. The van der Waals surface area contributed by atoms with Crippen LogP contribution >= 0.6 is 0 Å². The van der Waals surface area contributed by atoms with Gasteiger partial charge in [-0.15, -0.1) is 0 Å². The summed E-state index contributed by atoms with van der Waals surface area (Å²) in [6, 6.07) is 0. The zero-order valence-corrected chi connectivity index (χ0v) is 6.04. The van der Waals surface area contributed by atoms with E-state index in [0.717, 1.165) is 0 Å². The number of aliphatic hydroxyl groups is 1. The lowest BCUT2D eigenvalue weighted by atomic mass is 9.84. The Morgan fingerprint density at radius 3 is 2.55 bits per heavy atom. The third kappa shape index (κ3) is 1.57. The number of ketones is 1. The predicted molar refractivity (Wildman–Crippen MR) is 36.1 cm³/mol. The maximum Gasteiger partial charge on any atom is 0.336 e. The molecule has 0 radical (unpaired) electrons. The molecule has 11 heavy (non-hydrogen) atoms. The first-order chi connectivity index (χ1) is 5.04. The second-order valence-electron chi connectivity index (χ2n) is 2.91. The second-order valence-corrected chi connectivity index (χ2v) is 2.91. The summed E-state index contributed by atoms with van der Waals surface area (Å²) in [5, 5.41) is 17.8. The van der Waals surface area contributed by atoms with E-state index in [4.69, 9.17) is 5.11 Å². The van der Waals surface area contributed by atoms with Gasteiger partial charge < -0.3 is 10.2 Å². The van der Waals surface area contributed by atoms with Gasteiger partial charge in [0.15, 0.2) is 5.60 Å². The molecule has 1 saturated carbocycles. The van der Waals surface area contributed by atoms with Gasteiger partial charge in [-0.2, -0.15) is 0 Å². The first-order valence-electron chi connectivity index (χ1n) is 3.52. The van der Waals surface area contributed by atoms with Crippen LogP contribution in [0, 0.1) is 0 Å². The number of carbonyl (C=O) groups excluding carboxylic acids is 1.